The minimum atomic E-state index is -0.487. The Morgan fingerprint density at radius 3 is 2.67 bits per heavy atom. The maximum absolute atomic E-state index is 11.9. The molecule has 0 saturated heterocycles. The van der Waals surface area contributed by atoms with Crippen LogP contribution in [-0.4, -0.2) is 35.4 Å². The number of hydrogen-bond acceptors (Lipinski definition) is 3. The highest BCUT2D eigenvalue weighted by molar-refractivity contribution is 6.01. The predicted octanol–water partition coefficient (Wildman–Crippen LogP) is 0.627. The average molecular weight is 213 g/mol. The van der Waals surface area contributed by atoms with Gasteiger partial charge in [0.2, 0.25) is 5.91 Å². The fourth-order valence-electron chi connectivity index (χ4n) is 1.62. The number of nitrogens with zero attached hydrogens (tertiary/aromatic N) is 2. The fraction of sp³-hybridized carbons (Fsp3) is 0.800. The van der Waals surface area contributed by atoms with E-state index in [0.717, 1.165) is 6.54 Å². The van der Waals surface area contributed by atoms with Gasteiger partial charge in [0, 0.05) is 13.6 Å². The molecular weight excluding hydrogens is 194 g/mol. The highest BCUT2D eigenvalue weighted by Crippen LogP contribution is 2.29. The van der Waals surface area contributed by atoms with Crippen LogP contribution in [-0.2, 0) is 4.79 Å². The van der Waals surface area contributed by atoms with Crippen LogP contribution in [0, 0.1) is 11.8 Å². The molecule has 0 radical (unpaired) electrons. The molecule has 1 aliphatic carbocycles. The van der Waals surface area contributed by atoms with Gasteiger partial charge in [-0.05, 0) is 25.2 Å². The molecule has 0 aromatic rings. The summed E-state index contributed by atoms with van der Waals surface area (Å²) < 4.78 is 0. The van der Waals surface area contributed by atoms with E-state index < -0.39 is 5.92 Å². The molecule has 1 atom stereocenters. The summed E-state index contributed by atoms with van der Waals surface area (Å²) in [6, 6.07) is 0. The first-order valence-electron chi connectivity index (χ1n) is 5.32. The minimum Gasteiger partial charge on any atom is -0.409 e. The molecule has 0 aliphatic heterocycles. The van der Waals surface area contributed by atoms with Gasteiger partial charge in [-0.3, -0.25) is 4.79 Å². The van der Waals surface area contributed by atoms with E-state index in [4.69, 9.17) is 10.9 Å². The fourth-order valence-corrected chi connectivity index (χ4v) is 1.62. The third-order valence-electron chi connectivity index (χ3n) is 2.78. The lowest BCUT2D eigenvalue weighted by Gasteiger charge is -2.22. The molecule has 0 bridgehead atoms. The van der Waals surface area contributed by atoms with Crippen molar-refractivity contribution < 1.29 is 10.0 Å². The quantitative estimate of drug-likeness (QED) is 0.304. The summed E-state index contributed by atoms with van der Waals surface area (Å²) in [5, 5.41) is 11.5. The molecule has 5 nitrogen and oxygen atoms in total. The second-order valence-electron chi connectivity index (χ2n) is 4.15. The van der Waals surface area contributed by atoms with E-state index in [1.807, 2.05) is 6.92 Å². The van der Waals surface area contributed by atoms with Crippen LogP contribution in [0.2, 0.25) is 0 Å². The van der Waals surface area contributed by atoms with Crippen LogP contribution in [0.25, 0.3) is 0 Å². The molecule has 1 aliphatic rings. The summed E-state index contributed by atoms with van der Waals surface area (Å²) in [4.78, 5) is 13.6. The van der Waals surface area contributed by atoms with Crippen molar-refractivity contribution in [2.45, 2.75) is 26.2 Å². The van der Waals surface area contributed by atoms with Crippen molar-refractivity contribution in [2.75, 3.05) is 13.6 Å². The molecule has 1 rings (SSSR count). The van der Waals surface area contributed by atoms with Crippen LogP contribution in [0.4, 0.5) is 0 Å². The summed E-state index contributed by atoms with van der Waals surface area (Å²) in [6.07, 6.45) is 2.97. The van der Waals surface area contributed by atoms with Gasteiger partial charge in [0.15, 0.2) is 5.84 Å². The smallest absolute Gasteiger partial charge is 0.233 e. The van der Waals surface area contributed by atoms with Gasteiger partial charge in [-0.2, -0.15) is 0 Å². The molecule has 5 heteroatoms. The van der Waals surface area contributed by atoms with Crippen molar-refractivity contribution in [1.29, 1.82) is 0 Å². The number of carbonyl (C=O) groups is 1. The number of carbonyl (C=O) groups excluding carboxylic acids is 1. The van der Waals surface area contributed by atoms with Gasteiger partial charge in [-0.25, -0.2) is 0 Å². The first-order chi connectivity index (χ1) is 7.10. The third kappa shape index (κ3) is 3.11. The Hall–Kier alpha value is -1.26. The van der Waals surface area contributed by atoms with Crippen molar-refractivity contribution in [3.05, 3.63) is 0 Å². The van der Waals surface area contributed by atoms with Gasteiger partial charge in [-0.15, -0.1) is 0 Å². The molecule has 1 fully saturated rings. The van der Waals surface area contributed by atoms with Gasteiger partial charge in [0.1, 0.15) is 0 Å². The van der Waals surface area contributed by atoms with Gasteiger partial charge >= 0.3 is 0 Å². The zero-order valence-corrected chi connectivity index (χ0v) is 9.31. The largest absolute Gasteiger partial charge is 0.409 e. The Kier molecular flexibility index (Phi) is 3.94. The first-order valence-corrected chi connectivity index (χ1v) is 5.32. The normalized spacial score (nSPS) is 18.7. The van der Waals surface area contributed by atoms with Crippen LogP contribution in [0.5, 0.6) is 0 Å². The van der Waals surface area contributed by atoms with E-state index in [2.05, 4.69) is 5.16 Å². The molecular formula is C10H19N3O2. The van der Waals surface area contributed by atoms with E-state index in [9.17, 15) is 4.79 Å². The topological polar surface area (TPSA) is 78.9 Å². The molecule has 1 amide bonds. The Morgan fingerprint density at radius 1 is 1.67 bits per heavy atom. The molecule has 86 valence electrons. The predicted molar refractivity (Wildman–Crippen MR) is 57.6 cm³/mol. The van der Waals surface area contributed by atoms with E-state index in [1.165, 1.54) is 12.8 Å². The standard InChI is InChI=1S/C10H19N3O2/c1-3-8(9(11)12-15)10(14)13(2)6-7-4-5-7/h7-8,15H,3-6H2,1-2H3,(H2,11,12). The van der Waals surface area contributed by atoms with E-state index >= 15 is 0 Å². The van der Waals surface area contributed by atoms with Crippen LogP contribution >= 0.6 is 0 Å². The zero-order chi connectivity index (χ0) is 11.4. The maximum atomic E-state index is 11.9. The monoisotopic (exact) mass is 213 g/mol. The first kappa shape index (κ1) is 11.8. The van der Waals surface area contributed by atoms with Crippen LogP contribution < -0.4 is 5.73 Å². The molecule has 15 heavy (non-hydrogen) atoms. The SMILES string of the molecule is CCC(C(=O)N(C)CC1CC1)C(N)=NO. The van der Waals surface area contributed by atoms with Gasteiger partial charge in [0.25, 0.3) is 0 Å². The maximum Gasteiger partial charge on any atom is 0.233 e. The lowest BCUT2D eigenvalue weighted by Crippen LogP contribution is -2.40. The highest BCUT2D eigenvalue weighted by Gasteiger charge is 2.29. The van der Waals surface area contributed by atoms with Crippen molar-refractivity contribution >= 4 is 11.7 Å². The minimum absolute atomic E-state index is 0.00477. The third-order valence-corrected chi connectivity index (χ3v) is 2.78. The van der Waals surface area contributed by atoms with Gasteiger partial charge in [-0.1, -0.05) is 12.1 Å². The number of amidine groups is 1. The van der Waals surface area contributed by atoms with Crippen molar-refractivity contribution in [3.63, 3.8) is 0 Å². The lowest BCUT2D eigenvalue weighted by molar-refractivity contribution is -0.132. The van der Waals surface area contributed by atoms with Crippen molar-refractivity contribution in [3.8, 4) is 0 Å². The molecule has 3 N–H and O–H groups in total. The van der Waals surface area contributed by atoms with Crippen molar-refractivity contribution in [2.24, 2.45) is 22.7 Å². The molecule has 1 saturated carbocycles. The average Bonchev–Trinajstić information content (AvgIpc) is 3.02. The van der Waals surface area contributed by atoms with Crippen LogP contribution in [0.15, 0.2) is 5.16 Å². The van der Waals surface area contributed by atoms with E-state index in [0.29, 0.717) is 12.3 Å². The highest BCUT2D eigenvalue weighted by atomic mass is 16.4. The van der Waals surface area contributed by atoms with Gasteiger partial charge < -0.3 is 15.8 Å². The Labute approximate surface area is 89.9 Å². The molecule has 0 spiro atoms. The summed E-state index contributed by atoms with van der Waals surface area (Å²) >= 11 is 0. The number of amides is 1. The number of rotatable bonds is 5. The summed E-state index contributed by atoms with van der Waals surface area (Å²) in [5.74, 6) is 0.118. The van der Waals surface area contributed by atoms with Crippen molar-refractivity contribution in [1.82, 2.24) is 4.90 Å². The lowest BCUT2D eigenvalue weighted by atomic mass is 10.0. The van der Waals surface area contributed by atoms with Crippen LogP contribution in [0.3, 0.4) is 0 Å². The number of nitrogens with two attached hydrogens (primary N) is 1. The zero-order valence-electron chi connectivity index (χ0n) is 9.31. The number of hydrogen-bond donors (Lipinski definition) is 2. The molecule has 0 aromatic heterocycles. The molecule has 0 aromatic carbocycles. The summed E-state index contributed by atoms with van der Waals surface area (Å²) in [6.45, 7) is 2.64. The van der Waals surface area contributed by atoms with Crippen LogP contribution in [0.1, 0.15) is 26.2 Å². The van der Waals surface area contributed by atoms with E-state index in [-0.39, 0.29) is 11.7 Å². The summed E-state index contributed by atoms with van der Waals surface area (Å²) in [7, 11) is 1.77. The Bertz CT molecular complexity index is 261. The second-order valence-corrected chi connectivity index (χ2v) is 4.15. The van der Waals surface area contributed by atoms with Gasteiger partial charge in [0.05, 0.1) is 5.92 Å². The Balaban J connectivity index is 2.54. The number of oxime groups is 1. The van der Waals surface area contributed by atoms with E-state index in [1.54, 1.807) is 11.9 Å². The molecule has 0 heterocycles. The summed E-state index contributed by atoms with van der Waals surface area (Å²) in [5.41, 5.74) is 5.47. The molecule has 1 unspecified atom stereocenters. The second kappa shape index (κ2) is 5.00. The Morgan fingerprint density at radius 2 is 2.27 bits per heavy atom.